The lowest BCUT2D eigenvalue weighted by molar-refractivity contribution is -0.136. The van der Waals surface area contributed by atoms with Crippen LogP contribution in [0.2, 0.25) is 19.6 Å². The number of fused-ring (bicyclic) bond motifs is 1. The minimum Gasteiger partial charge on any atom is -0.518 e. The van der Waals surface area contributed by atoms with E-state index in [4.69, 9.17) is 4.43 Å². The predicted molar refractivity (Wildman–Crippen MR) is 106 cm³/mol. The fourth-order valence-corrected chi connectivity index (χ4v) is 3.36. The van der Waals surface area contributed by atoms with Crippen LogP contribution in [0.5, 0.6) is 5.75 Å². The maximum atomic E-state index is 12.5. The van der Waals surface area contributed by atoms with E-state index in [1.165, 1.54) is 0 Å². The Bertz CT molecular complexity index is 778. The van der Waals surface area contributed by atoms with Crippen LogP contribution in [0.25, 0.3) is 10.8 Å². The third kappa shape index (κ3) is 5.43. The molecule has 0 saturated heterocycles. The van der Waals surface area contributed by atoms with Gasteiger partial charge in [-0.15, -0.1) is 0 Å². The summed E-state index contributed by atoms with van der Waals surface area (Å²) in [5, 5.41) is 12.2. The number of phenols is 1. The third-order valence-corrected chi connectivity index (χ3v) is 4.52. The number of carbonyl (C=O) groups excluding carboxylic acids is 1. The number of benzene rings is 2. The highest BCUT2D eigenvalue weighted by molar-refractivity contribution is 6.71. The highest BCUT2D eigenvalue weighted by atomic mass is 28.4. The molecule has 2 aromatic rings. The van der Waals surface area contributed by atoms with Crippen molar-refractivity contribution in [3.8, 4) is 5.75 Å². The summed E-state index contributed by atoms with van der Waals surface area (Å²) in [6.07, 6.45) is 2.22. The van der Waals surface area contributed by atoms with Crippen LogP contribution in [0, 0.1) is 5.92 Å². The second-order valence-electron chi connectivity index (χ2n) is 7.68. The van der Waals surface area contributed by atoms with E-state index >= 15 is 0 Å². The Morgan fingerprint density at radius 2 is 1.88 bits per heavy atom. The van der Waals surface area contributed by atoms with Crippen molar-refractivity contribution >= 4 is 31.3 Å². The van der Waals surface area contributed by atoms with Gasteiger partial charge in [-0.1, -0.05) is 44.2 Å². The van der Waals surface area contributed by atoms with Gasteiger partial charge in [0.2, 0.25) is 8.32 Å². The van der Waals surface area contributed by atoms with Crippen molar-refractivity contribution < 1.29 is 14.3 Å². The lowest BCUT2D eigenvalue weighted by atomic mass is 10.0. The number of aliphatic imine (C=N–C) groups is 1. The highest BCUT2D eigenvalue weighted by Crippen LogP contribution is 2.26. The summed E-state index contributed by atoms with van der Waals surface area (Å²) in [5.74, 6) is 0.200. The number of aromatic hydroxyl groups is 1. The number of nitrogens with zero attached hydrogens (tertiary/aromatic N) is 1. The monoisotopic (exact) mass is 357 g/mol. The van der Waals surface area contributed by atoms with Crippen molar-refractivity contribution in [2.45, 2.75) is 46.0 Å². The van der Waals surface area contributed by atoms with E-state index in [0.717, 1.165) is 10.8 Å². The van der Waals surface area contributed by atoms with E-state index in [2.05, 4.69) is 18.8 Å². The fraction of sp³-hybridized carbons (Fsp3) is 0.400. The van der Waals surface area contributed by atoms with Crippen molar-refractivity contribution in [2.75, 3.05) is 0 Å². The van der Waals surface area contributed by atoms with Gasteiger partial charge in [-0.2, -0.15) is 0 Å². The number of hydrogen-bond donors (Lipinski definition) is 1. The maximum Gasteiger partial charge on any atom is 0.317 e. The minimum absolute atomic E-state index is 0.157. The van der Waals surface area contributed by atoms with Crippen LogP contribution < -0.4 is 0 Å². The zero-order valence-corrected chi connectivity index (χ0v) is 16.6. The van der Waals surface area contributed by atoms with Crippen LogP contribution in [-0.4, -0.2) is 31.6 Å². The van der Waals surface area contributed by atoms with Gasteiger partial charge in [-0.05, 0) is 48.8 Å². The number of phenolic OH excluding ortho intramolecular Hbond substituents is 1. The third-order valence-electron chi connectivity index (χ3n) is 3.70. The van der Waals surface area contributed by atoms with Gasteiger partial charge in [-0.3, -0.25) is 9.79 Å². The van der Waals surface area contributed by atoms with E-state index in [0.29, 0.717) is 17.9 Å². The Hall–Kier alpha value is -2.14. The van der Waals surface area contributed by atoms with Crippen molar-refractivity contribution in [1.82, 2.24) is 0 Å². The molecule has 4 nitrogen and oxygen atoms in total. The van der Waals surface area contributed by atoms with Crippen LogP contribution in [0.1, 0.15) is 25.8 Å². The topological polar surface area (TPSA) is 58.9 Å². The molecule has 1 atom stereocenters. The summed E-state index contributed by atoms with van der Waals surface area (Å²) in [4.78, 5) is 17.0. The average molecular weight is 358 g/mol. The maximum absolute atomic E-state index is 12.5. The van der Waals surface area contributed by atoms with Gasteiger partial charge in [0.1, 0.15) is 11.8 Å². The SMILES string of the molecule is CC(C)C[C@H](N=Cc1c(O)ccc2ccccc12)C(=O)O[Si](C)(C)C. The van der Waals surface area contributed by atoms with Gasteiger partial charge in [0, 0.05) is 11.8 Å². The number of rotatable bonds is 6. The molecule has 0 aliphatic heterocycles. The number of hydrogen-bond acceptors (Lipinski definition) is 4. The molecule has 2 rings (SSSR count). The summed E-state index contributed by atoms with van der Waals surface area (Å²) in [5.41, 5.74) is 0.632. The van der Waals surface area contributed by atoms with Gasteiger partial charge in [0.25, 0.3) is 0 Å². The second-order valence-corrected chi connectivity index (χ2v) is 12.1. The molecule has 0 bridgehead atoms. The lowest BCUT2D eigenvalue weighted by Crippen LogP contribution is -2.35. The molecular weight excluding hydrogens is 330 g/mol. The molecule has 5 heteroatoms. The van der Waals surface area contributed by atoms with E-state index < -0.39 is 14.4 Å². The Morgan fingerprint density at radius 3 is 2.52 bits per heavy atom. The Labute approximate surface area is 150 Å². The number of carbonyl (C=O) groups is 1. The summed E-state index contributed by atoms with van der Waals surface area (Å²) < 4.78 is 5.63. The van der Waals surface area contributed by atoms with Gasteiger partial charge < -0.3 is 9.53 Å². The molecule has 0 radical (unpaired) electrons. The van der Waals surface area contributed by atoms with Crippen LogP contribution in [0.3, 0.4) is 0 Å². The minimum atomic E-state index is -1.97. The van der Waals surface area contributed by atoms with E-state index in [-0.39, 0.29) is 11.7 Å². The second kappa shape index (κ2) is 7.83. The molecule has 2 aromatic carbocycles. The molecule has 1 N–H and O–H groups in total. The van der Waals surface area contributed by atoms with Crippen molar-refractivity contribution in [3.05, 3.63) is 42.0 Å². The largest absolute Gasteiger partial charge is 0.518 e. The van der Waals surface area contributed by atoms with Crippen LogP contribution in [0.4, 0.5) is 0 Å². The standard InChI is InChI=1S/C20H27NO3Si/c1-14(2)12-18(20(23)24-25(3,4)5)21-13-17-16-9-7-6-8-15(16)10-11-19(17)22/h6-11,13-14,18,22H,12H2,1-5H3/t18-/m0/s1. The van der Waals surface area contributed by atoms with Gasteiger partial charge in [0.05, 0.1) is 0 Å². The molecule has 0 aliphatic carbocycles. The lowest BCUT2D eigenvalue weighted by Gasteiger charge is -2.21. The van der Waals surface area contributed by atoms with E-state index in [1.807, 2.05) is 50.0 Å². The Kier molecular flexibility index (Phi) is 6.01. The average Bonchev–Trinajstić information content (AvgIpc) is 2.50. The van der Waals surface area contributed by atoms with Crippen LogP contribution >= 0.6 is 0 Å². The van der Waals surface area contributed by atoms with E-state index in [1.54, 1.807) is 12.3 Å². The van der Waals surface area contributed by atoms with Gasteiger partial charge >= 0.3 is 5.97 Å². The van der Waals surface area contributed by atoms with E-state index in [9.17, 15) is 9.90 Å². The molecule has 0 spiro atoms. The molecule has 0 unspecified atom stereocenters. The smallest absolute Gasteiger partial charge is 0.317 e. The van der Waals surface area contributed by atoms with Crippen molar-refractivity contribution in [1.29, 1.82) is 0 Å². The van der Waals surface area contributed by atoms with Gasteiger partial charge in [0.15, 0.2) is 0 Å². The quantitative estimate of drug-likeness (QED) is 0.599. The summed E-state index contributed by atoms with van der Waals surface area (Å²) >= 11 is 0. The first-order valence-corrected chi connectivity index (χ1v) is 12.0. The van der Waals surface area contributed by atoms with Crippen molar-refractivity contribution in [3.63, 3.8) is 0 Å². The first kappa shape index (κ1) is 19.2. The zero-order chi connectivity index (χ0) is 18.6. The molecule has 25 heavy (non-hydrogen) atoms. The molecule has 134 valence electrons. The molecule has 0 aliphatic rings. The summed E-state index contributed by atoms with van der Waals surface area (Å²) in [6, 6.07) is 10.8. The summed E-state index contributed by atoms with van der Waals surface area (Å²) in [6.45, 7) is 10.1. The fourth-order valence-electron chi connectivity index (χ4n) is 2.62. The first-order valence-electron chi connectivity index (χ1n) is 8.64. The highest BCUT2D eigenvalue weighted by Gasteiger charge is 2.26. The zero-order valence-electron chi connectivity index (χ0n) is 15.6. The predicted octanol–water partition coefficient (Wildman–Crippen LogP) is 4.76. The first-order chi connectivity index (χ1) is 11.7. The van der Waals surface area contributed by atoms with Crippen LogP contribution in [-0.2, 0) is 9.22 Å². The van der Waals surface area contributed by atoms with Crippen LogP contribution in [0.15, 0.2) is 41.4 Å². The molecule has 0 saturated carbocycles. The van der Waals surface area contributed by atoms with Crippen molar-refractivity contribution in [2.24, 2.45) is 10.9 Å². The normalized spacial score (nSPS) is 13.5. The molecule has 0 fully saturated rings. The molecular formula is C20H27NO3Si. The Balaban J connectivity index is 2.35. The molecule has 0 amide bonds. The molecule has 0 heterocycles. The molecule has 0 aromatic heterocycles. The Morgan fingerprint density at radius 1 is 1.20 bits per heavy atom. The van der Waals surface area contributed by atoms with Gasteiger partial charge in [-0.25, -0.2) is 0 Å². The summed E-state index contributed by atoms with van der Waals surface area (Å²) in [7, 11) is -1.97.